The maximum absolute atomic E-state index is 11.4. The first kappa shape index (κ1) is 21.4. The molecule has 2 N–H and O–H groups in total. The van der Waals surface area contributed by atoms with Gasteiger partial charge in [-0.25, -0.2) is 13.1 Å². The van der Waals surface area contributed by atoms with Crippen molar-refractivity contribution in [3.63, 3.8) is 0 Å². The number of hydrogen-bond acceptors (Lipinski definition) is 6. The zero-order chi connectivity index (χ0) is 19.7. The molecule has 7 nitrogen and oxygen atoms in total. The number of carbonyl (C=O) groups is 1. The molecule has 1 heterocycles. The average Bonchev–Trinajstić information content (AvgIpc) is 2.63. The fourth-order valence-corrected chi connectivity index (χ4v) is 3.42. The highest BCUT2D eigenvalue weighted by Gasteiger charge is 2.16. The summed E-state index contributed by atoms with van der Waals surface area (Å²) in [5.41, 5.74) is 0.790. The van der Waals surface area contributed by atoms with E-state index >= 15 is 0 Å². The SMILES string of the molecule is CNC1CCN(CCCOc2ccc(/C=C/C(=O)NS(C)(=O)=O)cc2)CC1. The summed E-state index contributed by atoms with van der Waals surface area (Å²) in [6.07, 6.45) is 7.07. The second-order valence-corrected chi connectivity index (χ2v) is 8.50. The van der Waals surface area contributed by atoms with Crippen LogP contribution in [0.2, 0.25) is 0 Å². The molecule has 27 heavy (non-hydrogen) atoms. The lowest BCUT2D eigenvalue weighted by molar-refractivity contribution is -0.114. The Hall–Kier alpha value is -1.90. The molecular formula is C19H29N3O4S. The Morgan fingerprint density at radius 2 is 1.93 bits per heavy atom. The molecule has 0 bridgehead atoms. The highest BCUT2D eigenvalue weighted by molar-refractivity contribution is 7.89. The van der Waals surface area contributed by atoms with E-state index in [1.807, 2.05) is 36.0 Å². The monoisotopic (exact) mass is 395 g/mol. The van der Waals surface area contributed by atoms with Gasteiger partial charge in [-0.3, -0.25) is 4.79 Å². The number of rotatable bonds is 9. The second kappa shape index (κ2) is 10.4. The molecule has 1 fully saturated rings. The minimum Gasteiger partial charge on any atom is -0.494 e. The highest BCUT2D eigenvalue weighted by atomic mass is 32.2. The molecule has 0 aliphatic carbocycles. The van der Waals surface area contributed by atoms with E-state index in [-0.39, 0.29) is 0 Å². The first-order chi connectivity index (χ1) is 12.9. The molecule has 1 aliphatic heterocycles. The number of nitrogens with zero attached hydrogens (tertiary/aromatic N) is 1. The highest BCUT2D eigenvalue weighted by Crippen LogP contribution is 2.14. The molecule has 0 spiro atoms. The van der Waals surface area contributed by atoms with Crippen molar-refractivity contribution in [1.29, 1.82) is 0 Å². The third-order valence-corrected chi connectivity index (χ3v) is 5.05. The van der Waals surface area contributed by atoms with Gasteiger partial charge in [-0.05, 0) is 63.2 Å². The van der Waals surface area contributed by atoms with E-state index in [1.54, 1.807) is 6.08 Å². The van der Waals surface area contributed by atoms with E-state index in [0.717, 1.165) is 43.6 Å². The molecule has 2 rings (SSSR count). The van der Waals surface area contributed by atoms with Crippen molar-refractivity contribution >= 4 is 22.0 Å². The van der Waals surface area contributed by atoms with Crippen LogP contribution in [0.4, 0.5) is 0 Å². The Labute approximate surface area is 161 Å². The third-order valence-electron chi connectivity index (χ3n) is 4.48. The van der Waals surface area contributed by atoms with Gasteiger partial charge in [-0.1, -0.05) is 12.1 Å². The molecule has 1 amide bonds. The van der Waals surface area contributed by atoms with Gasteiger partial charge in [0.25, 0.3) is 5.91 Å². The fraction of sp³-hybridized carbons (Fsp3) is 0.526. The Bertz CT molecular complexity index is 724. The normalized spacial score (nSPS) is 16.5. The fourth-order valence-electron chi connectivity index (χ4n) is 2.99. The molecule has 0 saturated carbocycles. The van der Waals surface area contributed by atoms with E-state index in [1.165, 1.54) is 18.9 Å². The van der Waals surface area contributed by atoms with Crippen molar-refractivity contribution in [3.05, 3.63) is 35.9 Å². The zero-order valence-electron chi connectivity index (χ0n) is 16.0. The van der Waals surface area contributed by atoms with Crippen LogP contribution in [0.1, 0.15) is 24.8 Å². The summed E-state index contributed by atoms with van der Waals surface area (Å²) < 4.78 is 29.6. The third kappa shape index (κ3) is 8.55. The Balaban J connectivity index is 1.67. The molecule has 1 saturated heterocycles. The Kier molecular flexibility index (Phi) is 8.27. The van der Waals surface area contributed by atoms with Crippen LogP contribution in [0.15, 0.2) is 30.3 Å². The summed E-state index contributed by atoms with van der Waals surface area (Å²) >= 11 is 0. The topological polar surface area (TPSA) is 87.7 Å². The lowest BCUT2D eigenvalue weighted by Gasteiger charge is -2.31. The van der Waals surface area contributed by atoms with Crippen molar-refractivity contribution in [1.82, 2.24) is 14.9 Å². The molecule has 1 aromatic carbocycles. The van der Waals surface area contributed by atoms with Crippen molar-refractivity contribution in [3.8, 4) is 5.75 Å². The summed E-state index contributed by atoms with van der Waals surface area (Å²) in [6.45, 7) is 3.99. The first-order valence-electron chi connectivity index (χ1n) is 9.18. The lowest BCUT2D eigenvalue weighted by Crippen LogP contribution is -2.41. The molecular weight excluding hydrogens is 366 g/mol. The molecule has 1 aromatic rings. The van der Waals surface area contributed by atoms with Crippen LogP contribution in [0.3, 0.4) is 0 Å². The van der Waals surface area contributed by atoms with E-state index in [2.05, 4.69) is 10.2 Å². The van der Waals surface area contributed by atoms with Gasteiger partial charge < -0.3 is 15.0 Å². The van der Waals surface area contributed by atoms with E-state index in [9.17, 15) is 13.2 Å². The summed E-state index contributed by atoms with van der Waals surface area (Å²) in [5.74, 6) is 0.109. The van der Waals surface area contributed by atoms with Gasteiger partial charge in [0.1, 0.15) is 5.75 Å². The predicted octanol–water partition coefficient (Wildman–Crippen LogP) is 1.23. The summed E-state index contributed by atoms with van der Waals surface area (Å²) in [6, 6.07) is 7.98. The largest absolute Gasteiger partial charge is 0.494 e. The van der Waals surface area contributed by atoms with Crippen LogP contribution < -0.4 is 14.8 Å². The van der Waals surface area contributed by atoms with E-state index in [0.29, 0.717) is 12.6 Å². The standard InChI is InChI=1S/C19H29N3O4S/c1-20-17-10-13-22(14-11-17)12-3-15-26-18-7-4-16(5-8-18)6-9-19(23)21-27(2,24)25/h4-9,17,20H,3,10-15H2,1-2H3,(H,21,23)/b9-6+. The van der Waals surface area contributed by atoms with Crippen molar-refractivity contribution in [2.75, 3.05) is 39.5 Å². The van der Waals surface area contributed by atoms with Crippen LogP contribution in [-0.4, -0.2) is 64.8 Å². The summed E-state index contributed by atoms with van der Waals surface area (Å²) in [4.78, 5) is 13.9. The zero-order valence-corrected chi connectivity index (χ0v) is 16.8. The van der Waals surface area contributed by atoms with Gasteiger partial charge in [0.15, 0.2) is 0 Å². The molecule has 1 aliphatic rings. The number of amides is 1. The minimum absolute atomic E-state index is 0.655. The van der Waals surface area contributed by atoms with E-state index in [4.69, 9.17) is 4.74 Å². The predicted molar refractivity (Wildman–Crippen MR) is 107 cm³/mol. The number of ether oxygens (including phenoxy) is 1. The van der Waals surface area contributed by atoms with Gasteiger partial charge in [0, 0.05) is 18.7 Å². The van der Waals surface area contributed by atoms with Gasteiger partial charge in [0.05, 0.1) is 12.9 Å². The second-order valence-electron chi connectivity index (χ2n) is 6.75. The average molecular weight is 396 g/mol. The molecule has 0 aromatic heterocycles. The number of carbonyl (C=O) groups excluding carboxylic acids is 1. The maximum Gasteiger partial charge on any atom is 0.257 e. The smallest absolute Gasteiger partial charge is 0.257 e. The number of sulfonamides is 1. The Morgan fingerprint density at radius 3 is 2.52 bits per heavy atom. The maximum atomic E-state index is 11.4. The number of likely N-dealkylation sites (tertiary alicyclic amines) is 1. The summed E-state index contributed by atoms with van der Waals surface area (Å²) in [7, 11) is -1.51. The van der Waals surface area contributed by atoms with Crippen LogP contribution in [0.5, 0.6) is 5.75 Å². The number of nitrogens with one attached hydrogen (secondary N) is 2. The van der Waals surface area contributed by atoms with Crippen molar-refractivity contribution in [2.45, 2.75) is 25.3 Å². The lowest BCUT2D eigenvalue weighted by atomic mass is 10.1. The van der Waals surface area contributed by atoms with Crippen LogP contribution in [0, 0.1) is 0 Å². The minimum atomic E-state index is -3.54. The molecule has 0 unspecified atom stereocenters. The number of benzene rings is 1. The van der Waals surface area contributed by atoms with Gasteiger partial charge in [0.2, 0.25) is 10.0 Å². The van der Waals surface area contributed by atoms with Crippen molar-refractivity contribution in [2.24, 2.45) is 0 Å². The first-order valence-corrected chi connectivity index (χ1v) is 11.1. The molecule has 8 heteroatoms. The molecule has 0 radical (unpaired) electrons. The number of piperidine rings is 1. The quantitative estimate of drug-likeness (QED) is 0.483. The molecule has 150 valence electrons. The van der Waals surface area contributed by atoms with Crippen molar-refractivity contribution < 1.29 is 17.9 Å². The van der Waals surface area contributed by atoms with Gasteiger partial charge >= 0.3 is 0 Å². The van der Waals surface area contributed by atoms with Gasteiger partial charge in [-0.15, -0.1) is 0 Å². The van der Waals surface area contributed by atoms with Crippen LogP contribution in [0.25, 0.3) is 6.08 Å². The Morgan fingerprint density at radius 1 is 1.26 bits per heavy atom. The summed E-state index contributed by atoms with van der Waals surface area (Å²) in [5, 5.41) is 3.34. The van der Waals surface area contributed by atoms with E-state index < -0.39 is 15.9 Å². The number of hydrogen-bond donors (Lipinski definition) is 2. The van der Waals surface area contributed by atoms with Crippen LogP contribution >= 0.6 is 0 Å². The van der Waals surface area contributed by atoms with Crippen LogP contribution in [-0.2, 0) is 14.8 Å². The molecule has 0 atom stereocenters. The van der Waals surface area contributed by atoms with Gasteiger partial charge in [-0.2, -0.15) is 0 Å².